The highest BCUT2D eigenvalue weighted by Gasteiger charge is 2.82. The van der Waals surface area contributed by atoms with Gasteiger partial charge in [-0.1, -0.05) is 121 Å². The quantitative estimate of drug-likeness (QED) is 0.208. The zero-order valence-electron chi connectivity index (χ0n) is 25.3. The number of rotatable bonds is 4. The Hall–Kier alpha value is -4.57. The van der Waals surface area contributed by atoms with Crippen molar-refractivity contribution >= 4 is 16.9 Å². The van der Waals surface area contributed by atoms with Gasteiger partial charge in [0, 0.05) is 11.8 Å². The minimum atomic E-state index is -0.889. The van der Waals surface area contributed by atoms with Crippen LogP contribution in [-0.2, 0) is 25.1 Å². The Kier molecular flexibility index (Phi) is 4.91. The smallest absolute Gasteiger partial charge is 0.163 e. The molecular weight excluding hydrogens is 564 g/mol. The molecule has 5 aromatic rings. The van der Waals surface area contributed by atoms with Crippen molar-refractivity contribution < 1.29 is 14.3 Å². The van der Waals surface area contributed by atoms with Gasteiger partial charge in [0.05, 0.1) is 35.2 Å². The number of allylic oxidation sites excluding steroid dienone is 2. The Labute approximate surface area is 268 Å². The van der Waals surface area contributed by atoms with Crippen LogP contribution in [0.25, 0.3) is 11.1 Å². The van der Waals surface area contributed by atoms with Crippen LogP contribution in [0, 0.1) is 11.8 Å². The van der Waals surface area contributed by atoms with Crippen molar-refractivity contribution in [3.63, 3.8) is 0 Å². The van der Waals surface area contributed by atoms with Crippen LogP contribution >= 0.6 is 0 Å². The molecule has 1 saturated carbocycles. The van der Waals surface area contributed by atoms with Gasteiger partial charge in [-0.05, 0) is 80.6 Å². The van der Waals surface area contributed by atoms with Crippen molar-refractivity contribution in [2.24, 2.45) is 11.8 Å². The van der Waals surface area contributed by atoms with Gasteiger partial charge in [0.1, 0.15) is 0 Å². The molecule has 0 radical (unpaired) electrons. The van der Waals surface area contributed by atoms with Crippen LogP contribution in [0.1, 0.15) is 81.8 Å². The van der Waals surface area contributed by atoms with Crippen molar-refractivity contribution in [1.82, 2.24) is 0 Å². The van der Waals surface area contributed by atoms with Gasteiger partial charge in [0.2, 0.25) is 0 Å². The zero-order chi connectivity index (χ0) is 30.2. The van der Waals surface area contributed by atoms with Gasteiger partial charge in [0.15, 0.2) is 5.78 Å². The van der Waals surface area contributed by atoms with Crippen LogP contribution in [0.2, 0.25) is 0 Å². The molecule has 6 bridgehead atoms. The maximum Gasteiger partial charge on any atom is 0.163 e. The highest BCUT2D eigenvalue weighted by Crippen LogP contribution is 2.81. The summed E-state index contributed by atoms with van der Waals surface area (Å²) >= 11 is 0. The fourth-order valence-electron chi connectivity index (χ4n) is 10.9. The Bertz CT molecular complexity index is 1960. The second kappa shape index (κ2) is 8.82. The van der Waals surface area contributed by atoms with E-state index < -0.39 is 10.8 Å². The molecule has 0 unspecified atom stereocenters. The number of hydrogen-bond donors (Lipinski definition) is 0. The van der Waals surface area contributed by atoms with Crippen LogP contribution in [0.3, 0.4) is 0 Å². The van der Waals surface area contributed by atoms with Crippen LogP contribution in [0.15, 0.2) is 133 Å². The molecule has 2 aliphatic carbocycles. The van der Waals surface area contributed by atoms with Crippen molar-refractivity contribution in [3.8, 4) is 0 Å². The number of ether oxygens (including phenoxy) is 2. The molecule has 46 heavy (non-hydrogen) atoms. The standard InChI is InChI=1S/C43H32O3/c44-41-42(27-17-9-3-10-18-27)35(25-13-5-1-6-14-25)36(26-15-7-2-8-16-26)43(41,28-19-11-4-12-20-28)38-37(42)39-31-23-29-30(24-32(31)40(38)46-39)34-22-21-33(29)45-34/h1-20,23-24,33-34,37-40H,21-22H2/t33-,34-,37-,38+,39-,40-,42+,43+/m0/s1. The molecule has 8 atom stereocenters. The molecule has 2 saturated heterocycles. The zero-order valence-corrected chi connectivity index (χ0v) is 25.3. The van der Waals surface area contributed by atoms with Gasteiger partial charge < -0.3 is 9.47 Å². The number of carbonyl (C=O) groups excluding carboxylic acids is 1. The van der Waals surface area contributed by atoms with Crippen LogP contribution in [0.5, 0.6) is 0 Å². The molecule has 0 spiro atoms. The second-order valence-electron chi connectivity index (χ2n) is 14.0. The molecule has 3 fully saturated rings. The Morgan fingerprint density at radius 1 is 0.478 bits per heavy atom. The third-order valence-electron chi connectivity index (χ3n) is 12.3. The van der Waals surface area contributed by atoms with E-state index in [0.717, 1.165) is 46.2 Å². The fraction of sp³-hybridized carbons (Fsp3) is 0.233. The molecule has 3 nitrogen and oxygen atoms in total. The van der Waals surface area contributed by atoms with Gasteiger partial charge in [-0.15, -0.1) is 0 Å². The molecule has 11 rings (SSSR count). The maximum absolute atomic E-state index is 16.3. The number of Topliss-reactive ketones (excluding diaryl/α,β-unsaturated/α-hetero) is 1. The van der Waals surface area contributed by atoms with Gasteiger partial charge in [-0.3, -0.25) is 4.79 Å². The second-order valence-corrected chi connectivity index (χ2v) is 14.0. The maximum atomic E-state index is 16.3. The van der Waals surface area contributed by atoms with Crippen LogP contribution < -0.4 is 0 Å². The molecule has 222 valence electrons. The largest absolute Gasteiger partial charge is 0.366 e. The normalized spacial score (nSPS) is 33.9. The highest BCUT2D eigenvalue weighted by molar-refractivity contribution is 6.30. The predicted octanol–water partition coefficient (Wildman–Crippen LogP) is 9.03. The average molecular weight is 597 g/mol. The summed E-state index contributed by atoms with van der Waals surface area (Å²) < 4.78 is 13.7. The Balaban J connectivity index is 1.29. The minimum Gasteiger partial charge on any atom is -0.366 e. The lowest BCUT2D eigenvalue weighted by Crippen LogP contribution is -2.42. The first-order chi connectivity index (χ1) is 22.7. The summed E-state index contributed by atoms with van der Waals surface area (Å²) in [6.45, 7) is 0. The van der Waals surface area contributed by atoms with Gasteiger partial charge >= 0.3 is 0 Å². The minimum absolute atomic E-state index is 0.0552. The summed E-state index contributed by atoms with van der Waals surface area (Å²) in [6.07, 6.45) is 2.18. The first-order valence-electron chi connectivity index (χ1n) is 16.7. The van der Waals surface area contributed by atoms with E-state index in [1.54, 1.807) is 0 Å². The molecule has 5 aromatic carbocycles. The molecule has 6 aliphatic rings. The van der Waals surface area contributed by atoms with E-state index in [1.165, 1.54) is 22.3 Å². The lowest BCUT2D eigenvalue weighted by Gasteiger charge is -2.45. The monoisotopic (exact) mass is 596 g/mol. The summed E-state index contributed by atoms with van der Waals surface area (Å²) in [4.78, 5) is 16.3. The van der Waals surface area contributed by atoms with E-state index in [1.807, 2.05) is 0 Å². The Morgan fingerprint density at radius 3 is 1.28 bits per heavy atom. The lowest BCUT2D eigenvalue weighted by molar-refractivity contribution is -0.125. The third kappa shape index (κ3) is 2.79. The molecule has 4 heterocycles. The first-order valence-corrected chi connectivity index (χ1v) is 16.7. The number of ketones is 1. The van der Waals surface area contributed by atoms with Gasteiger partial charge in [0.25, 0.3) is 0 Å². The van der Waals surface area contributed by atoms with Crippen LogP contribution in [-0.4, -0.2) is 5.78 Å². The number of benzene rings is 5. The molecule has 3 heteroatoms. The van der Waals surface area contributed by atoms with E-state index in [2.05, 4.69) is 133 Å². The summed E-state index contributed by atoms with van der Waals surface area (Å²) in [5, 5.41) is 0. The van der Waals surface area contributed by atoms with E-state index in [-0.39, 0.29) is 36.3 Å². The molecule has 0 aromatic heterocycles. The Morgan fingerprint density at radius 2 is 0.870 bits per heavy atom. The molecule has 0 amide bonds. The number of fused-ring (bicyclic) bond motifs is 17. The summed E-state index contributed by atoms with van der Waals surface area (Å²) in [6, 6.07) is 47.5. The highest BCUT2D eigenvalue weighted by atomic mass is 16.5. The predicted molar refractivity (Wildman–Crippen MR) is 177 cm³/mol. The fourth-order valence-corrected chi connectivity index (χ4v) is 10.9. The average Bonchev–Trinajstić information content (AvgIpc) is 3.97. The molecule has 0 N–H and O–H groups in total. The third-order valence-corrected chi connectivity index (χ3v) is 12.3. The number of hydrogen-bond acceptors (Lipinski definition) is 3. The first kappa shape index (κ1) is 25.6. The lowest BCUT2D eigenvalue weighted by atomic mass is 9.54. The van der Waals surface area contributed by atoms with Crippen molar-refractivity contribution in [1.29, 1.82) is 0 Å². The summed E-state index contributed by atoms with van der Waals surface area (Å²) in [7, 11) is 0. The SMILES string of the molecule is O=C1[C@]2(c3ccccc3)C(c3ccccc3)=C(c3ccccc3)[C@]1(c1ccccc1)[C@H]1[C@@H]2[C@H]2O[C@H]1c1cc3c(cc12)[C@@H]1CC[C@@H]3O1. The molecular formula is C43H32O3. The van der Waals surface area contributed by atoms with Crippen LogP contribution in [0.4, 0.5) is 0 Å². The number of carbonyl (C=O) groups is 1. The van der Waals surface area contributed by atoms with E-state index in [4.69, 9.17) is 9.47 Å². The van der Waals surface area contributed by atoms with E-state index in [9.17, 15) is 0 Å². The van der Waals surface area contributed by atoms with Crippen molar-refractivity contribution in [3.05, 3.63) is 178 Å². The van der Waals surface area contributed by atoms with Gasteiger partial charge in [-0.2, -0.15) is 0 Å². The topological polar surface area (TPSA) is 35.5 Å². The van der Waals surface area contributed by atoms with E-state index >= 15 is 4.79 Å². The summed E-state index contributed by atoms with van der Waals surface area (Å²) in [5.41, 5.74) is 10.1. The van der Waals surface area contributed by atoms with Crippen molar-refractivity contribution in [2.45, 2.75) is 48.1 Å². The van der Waals surface area contributed by atoms with E-state index in [0.29, 0.717) is 5.78 Å². The molecule has 4 aliphatic heterocycles. The van der Waals surface area contributed by atoms with Crippen molar-refractivity contribution in [2.75, 3.05) is 0 Å². The van der Waals surface area contributed by atoms with Gasteiger partial charge in [-0.25, -0.2) is 0 Å². The summed E-state index contributed by atoms with van der Waals surface area (Å²) in [5.74, 6) is 0.188.